The number of hydrogen-bond donors (Lipinski definition) is 1. The lowest BCUT2D eigenvalue weighted by molar-refractivity contribution is -0.153. The monoisotopic (exact) mass is 344 g/mol. The predicted molar refractivity (Wildman–Crippen MR) is 91.6 cm³/mol. The van der Waals surface area contributed by atoms with Crippen molar-refractivity contribution in [3.8, 4) is 0 Å². The molecular formula is C19H24N2O4. The summed E-state index contributed by atoms with van der Waals surface area (Å²) < 4.78 is 5.44. The van der Waals surface area contributed by atoms with Crippen molar-refractivity contribution in [2.24, 2.45) is 0 Å². The van der Waals surface area contributed by atoms with Crippen LogP contribution in [0.3, 0.4) is 0 Å². The Morgan fingerprint density at radius 3 is 2.52 bits per heavy atom. The second kappa shape index (κ2) is 7.25. The third-order valence-corrected chi connectivity index (χ3v) is 5.11. The SMILES string of the molecule is CC[C@]1(c2ccccc2)NC(=O)N(CC(=O)OC2CCCCC2)C1=O. The van der Waals surface area contributed by atoms with Crippen LogP contribution in [-0.4, -0.2) is 35.5 Å². The van der Waals surface area contributed by atoms with Crippen molar-refractivity contribution < 1.29 is 19.1 Å². The van der Waals surface area contributed by atoms with E-state index in [0.717, 1.165) is 42.6 Å². The number of imide groups is 1. The van der Waals surface area contributed by atoms with Crippen molar-refractivity contribution in [2.75, 3.05) is 6.54 Å². The zero-order chi connectivity index (χ0) is 17.9. The quantitative estimate of drug-likeness (QED) is 0.658. The van der Waals surface area contributed by atoms with E-state index in [-0.39, 0.29) is 12.6 Å². The first-order valence-corrected chi connectivity index (χ1v) is 8.96. The molecule has 0 spiro atoms. The second-order valence-electron chi connectivity index (χ2n) is 6.70. The van der Waals surface area contributed by atoms with E-state index >= 15 is 0 Å². The molecule has 6 nitrogen and oxygen atoms in total. The van der Waals surface area contributed by atoms with E-state index in [1.54, 1.807) is 0 Å². The van der Waals surface area contributed by atoms with Gasteiger partial charge in [0.25, 0.3) is 5.91 Å². The summed E-state index contributed by atoms with van der Waals surface area (Å²) in [4.78, 5) is 38.5. The number of carbonyl (C=O) groups excluding carboxylic acids is 3. The van der Waals surface area contributed by atoms with Gasteiger partial charge in [-0.15, -0.1) is 0 Å². The molecule has 134 valence electrons. The predicted octanol–water partition coefficient (Wildman–Crippen LogP) is 2.72. The Morgan fingerprint density at radius 2 is 1.88 bits per heavy atom. The Hall–Kier alpha value is -2.37. The summed E-state index contributed by atoms with van der Waals surface area (Å²) in [7, 11) is 0. The molecule has 0 radical (unpaired) electrons. The number of esters is 1. The highest BCUT2D eigenvalue weighted by atomic mass is 16.5. The number of nitrogens with one attached hydrogen (secondary N) is 1. The van der Waals surface area contributed by atoms with Gasteiger partial charge in [-0.25, -0.2) is 4.79 Å². The van der Waals surface area contributed by atoms with Crippen molar-refractivity contribution in [3.05, 3.63) is 35.9 Å². The van der Waals surface area contributed by atoms with Crippen molar-refractivity contribution in [1.29, 1.82) is 0 Å². The summed E-state index contributed by atoms with van der Waals surface area (Å²) in [5, 5.41) is 2.77. The maximum Gasteiger partial charge on any atom is 0.326 e. The van der Waals surface area contributed by atoms with Crippen LogP contribution >= 0.6 is 0 Å². The highest BCUT2D eigenvalue weighted by molar-refractivity contribution is 6.09. The number of urea groups is 1. The Balaban J connectivity index is 1.71. The Labute approximate surface area is 147 Å². The fourth-order valence-electron chi connectivity index (χ4n) is 3.67. The molecule has 0 bridgehead atoms. The van der Waals surface area contributed by atoms with Crippen LogP contribution in [0, 0.1) is 0 Å². The molecule has 1 atom stereocenters. The van der Waals surface area contributed by atoms with E-state index in [0.29, 0.717) is 6.42 Å². The number of rotatable bonds is 5. The molecule has 1 N–H and O–H groups in total. The molecule has 1 saturated heterocycles. The van der Waals surface area contributed by atoms with Crippen LogP contribution in [0.1, 0.15) is 51.0 Å². The van der Waals surface area contributed by atoms with Gasteiger partial charge in [0, 0.05) is 0 Å². The fraction of sp³-hybridized carbons (Fsp3) is 0.526. The van der Waals surface area contributed by atoms with E-state index in [4.69, 9.17) is 4.74 Å². The fourth-order valence-corrected chi connectivity index (χ4v) is 3.67. The largest absolute Gasteiger partial charge is 0.461 e. The van der Waals surface area contributed by atoms with E-state index < -0.39 is 23.4 Å². The lowest BCUT2D eigenvalue weighted by Gasteiger charge is -2.26. The van der Waals surface area contributed by atoms with Crippen LogP contribution in [0.5, 0.6) is 0 Å². The van der Waals surface area contributed by atoms with E-state index in [9.17, 15) is 14.4 Å². The average molecular weight is 344 g/mol. The van der Waals surface area contributed by atoms with E-state index in [2.05, 4.69) is 5.32 Å². The molecule has 0 aromatic heterocycles. The zero-order valence-corrected chi connectivity index (χ0v) is 14.5. The summed E-state index contributed by atoms with van der Waals surface area (Å²) in [6, 6.07) is 8.58. The topological polar surface area (TPSA) is 75.7 Å². The molecule has 25 heavy (non-hydrogen) atoms. The normalized spacial score (nSPS) is 24.3. The number of carbonyl (C=O) groups is 3. The molecule has 2 fully saturated rings. The summed E-state index contributed by atoms with van der Waals surface area (Å²) in [6.07, 6.45) is 5.30. The summed E-state index contributed by atoms with van der Waals surface area (Å²) in [6.45, 7) is 1.50. The summed E-state index contributed by atoms with van der Waals surface area (Å²) in [5.74, 6) is -0.915. The van der Waals surface area contributed by atoms with Gasteiger partial charge in [-0.1, -0.05) is 43.7 Å². The van der Waals surface area contributed by atoms with Crippen LogP contribution in [-0.2, 0) is 19.9 Å². The molecule has 1 aromatic carbocycles. The van der Waals surface area contributed by atoms with Crippen molar-refractivity contribution >= 4 is 17.9 Å². The number of benzene rings is 1. The molecule has 1 saturated carbocycles. The Bertz CT molecular complexity index is 655. The minimum Gasteiger partial charge on any atom is -0.461 e. The molecule has 3 amide bonds. The van der Waals surface area contributed by atoms with Crippen molar-refractivity contribution in [2.45, 2.75) is 57.1 Å². The minimum atomic E-state index is -1.11. The molecule has 6 heteroatoms. The first-order valence-electron chi connectivity index (χ1n) is 8.96. The van der Waals surface area contributed by atoms with Crippen molar-refractivity contribution in [1.82, 2.24) is 10.2 Å². The highest BCUT2D eigenvalue weighted by Gasteiger charge is 2.51. The second-order valence-corrected chi connectivity index (χ2v) is 6.70. The Morgan fingerprint density at radius 1 is 1.20 bits per heavy atom. The van der Waals surface area contributed by atoms with Gasteiger partial charge in [0.2, 0.25) is 0 Å². The third-order valence-electron chi connectivity index (χ3n) is 5.11. The third kappa shape index (κ3) is 3.38. The van der Waals surface area contributed by atoms with Gasteiger partial charge in [-0.3, -0.25) is 14.5 Å². The maximum absolute atomic E-state index is 12.9. The van der Waals surface area contributed by atoms with Gasteiger partial charge in [0.15, 0.2) is 0 Å². The highest BCUT2D eigenvalue weighted by Crippen LogP contribution is 2.32. The summed E-state index contributed by atoms with van der Waals surface area (Å²) in [5.41, 5.74) is -0.386. The van der Waals surface area contributed by atoms with E-state index in [1.165, 1.54) is 0 Å². The number of amides is 3. The van der Waals surface area contributed by atoms with Gasteiger partial charge in [-0.05, 0) is 37.7 Å². The first kappa shape index (κ1) is 17.5. The molecule has 3 rings (SSSR count). The lowest BCUT2D eigenvalue weighted by Crippen LogP contribution is -2.44. The molecular weight excluding hydrogens is 320 g/mol. The molecule has 1 aliphatic carbocycles. The molecule has 1 aromatic rings. The van der Waals surface area contributed by atoms with Gasteiger partial charge >= 0.3 is 12.0 Å². The number of ether oxygens (including phenoxy) is 1. The van der Waals surface area contributed by atoms with Gasteiger partial charge in [-0.2, -0.15) is 0 Å². The van der Waals surface area contributed by atoms with Gasteiger partial charge in [0.1, 0.15) is 18.2 Å². The number of hydrogen-bond acceptors (Lipinski definition) is 4. The average Bonchev–Trinajstić information content (AvgIpc) is 2.88. The lowest BCUT2D eigenvalue weighted by atomic mass is 9.87. The molecule has 0 unspecified atom stereocenters. The molecule has 1 heterocycles. The Kier molecular flexibility index (Phi) is 5.06. The van der Waals surface area contributed by atoms with Gasteiger partial charge < -0.3 is 10.1 Å². The standard InChI is InChI=1S/C19H24N2O4/c1-2-19(14-9-5-3-6-10-14)17(23)21(18(24)20-19)13-16(22)25-15-11-7-4-8-12-15/h3,5-6,9-10,15H,2,4,7-8,11-13H2,1H3,(H,20,24)/t19-/m1/s1. The van der Waals surface area contributed by atoms with Crippen LogP contribution in [0.2, 0.25) is 0 Å². The molecule has 2 aliphatic rings. The smallest absolute Gasteiger partial charge is 0.326 e. The zero-order valence-electron chi connectivity index (χ0n) is 14.5. The minimum absolute atomic E-state index is 0.0907. The van der Waals surface area contributed by atoms with Crippen molar-refractivity contribution in [3.63, 3.8) is 0 Å². The van der Waals surface area contributed by atoms with Crippen LogP contribution < -0.4 is 5.32 Å². The number of nitrogens with zero attached hydrogens (tertiary/aromatic N) is 1. The maximum atomic E-state index is 12.9. The first-order chi connectivity index (χ1) is 12.1. The van der Waals surface area contributed by atoms with Gasteiger partial charge in [0.05, 0.1) is 0 Å². The summed E-state index contributed by atoms with van der Waals surface area (Å²) >= 11 is 0. The van der Waals surface area contributed by atoms with Crippen LogP contribution in [0.25, 0.3) is 0 Å². The van der Waals surface area contributed by atoms with Crippen LogP contribution in [0.15, 0.2) is 30.3 Å². The van der Waals surface area contributed by atoms with E-state index in [1.807, 2.05) is 37.3 Å². The molecule has 1 aliphatic heterocycles. The van der Waals surface area contributed by atoms with Crippen LogP contribution in [0.4, 0.5) is 4.79 Å².